The van der Waals surface area contributed by atoms with E-state index in [1.54, 1.807) is 13.8 Å². The smallest absolute Gasteiger partial charge is 0.329 e. The molecule has 1 saturated heterocycles. The molecule has 0 radical (unpaired) electrons. The molecule has 2 aliphatic heterocycles. The third-order valence-electron chi connectivity index (χ3n) is 12.0. The maximum atomic E-state index is 17.7. The van der Waals surface area contributed by atoms with Gasteiger partial charge in [0, 0.05) is 35.5 Å². The lowest BCUT2D eigenvalue weighted by Crippen LogP contribution is -2.69. The van der Waals surface area contributed by atoms with Crippen LogP contribution in [0.25, 0.3) is 0 Å². The van der Waals surface area contributed by atoms with Gasteiger partial charge >= 0.3 is 5.97 Å². The van der Waals surface area contributed by atoms with Crippen molar-refractivity contribution in [2.75, 3.05) is 19.8 Å². The fourth-order valence-electron chi connectivity index (χ4n) is 10.1. The maximum Gasteiger partial charge on any atom is 0.329 e. The summed E-state index contributed by atoms with van der Waals surface area (Å²) in [6.07, 6.45) is 2.82. The van der Waals surface area contributed by atoms with E-state index in [0.29, 0.717) is 6.42 Å². The summed E-state index contributed by atoms with van der Waals surface area (Å²) in [5.41, 5.74) is -6.60. The molecule has 2 heterocycles. The highest BCUT2D eigenvalue weighted by molar-refractivity contribution is 8.03. The van der Waals surface area contributed by atoms with Crippen molar-refractivity contribution in [1.82, 2.24) is 4.90 Å². The lowest BCUT2D eigenvalue weighted by atomic mass is 9.43. The average molecular weight is 620 g/mol. The quantitative estimate of drug-likeness (QED) is 0.435. The minimum Gasteiger partial charge on any atom is -0.464 e. The standard InChI is InChI=1S/C32H39F2NO7S/c1-4-42-28(41)27-22-12-19-20-13-23(33)21-10-17(37)7-8-29(21,2)32(20,34)24(38)14-30(19,3)31(22,25(39)15-36)16-35(27)26(40)11-18-6-5-9-43-18/h5,7-10,18-20,22-24,27,36,38H,4,6,11-16H2,1-3H3/t18?,19-,20?,22-,23-,24-,27?,29-,30-,31+,32-/m0/s1. The minimum absolute atomic E-state index is 0.00110. The third kappa shape index (κ3) is 3.92. The van der Waals surface area contributed by atoms with E-state index < -0.39 is 82.1 Å². The fraction of sp³-hybridized carbons (Fsp3) is 0.688. The van der Waals surface area contributed by atoms with Crippen LogP contribution in [0.4, 0.5) is 8.78 Å². The second-order valence-electron chi connectivity index (χ2n) is 13.5. The van der Waals surface area contributed by atoms with Crippen molar-refractivity contribution in [1.29, 1.82) is 0 Å². The van der Waals surface area contributed by atoms with Gasteiger partial charge in [-0.3, -0.25) is 14.4 Å². The number of esters is 1. The Labute approximate surface area is 254 Å². The molecule has 6 aliphatic rings. The molecule has 43 heavy (non-hydrogen) atoms. The van der Waals surface area contributed by atoms with Gasteiger partial charge in [0.05, 0.1) is 18.1 Å². The molecule has 0 aromatic rings. The Kier molecular flexibility index (Phi) is 7.37. The van der Waals surface area contributed by atoms with Gasteiger partial charge < -0.3 is 19.8 Å². The van der Waals surface area contributed by atoms with Crippen LogP contribution in [0.3, 0.4) is 0 Å². The van der Waals surface area contributed by atoms with Crippen LogP contribution in [0.1, 0.15) is 52.9 Å². The summed E-state index contributed by atoms with van der Waals surface area (Å²) in [6.45, 7) is 3.93. The number of nitrogens with zero attached hydrogens (tertiary/aromatic N) is 1. The van der Waals surface area contributed by atoms with Crippen molar-refractivity contribution in [2.45, 2.75) is 82.1 Å². The molecule has 11 atom stereocenters. The van der Waals surface area contributed by atoms with Crippen LogP contribution in [-0.2, 0) is 23.9 Å². The van der Waals surface area contributed by atoms with E-state index in [1.165, 1.54) is 35.7 Å². The molecule has 4 aliphatic carbocycles. The zero-order chi connectivity index (χ0) is 31.1. The molecular formula is C32H39F2NO7S. The first-order valence-electron chi connectivity index (χ1n) is 15.2. The van der Waals surface area contributed by atoms with Gasteiger partial charge in [0.15, 0.2) is 17.2 Å². The van der Waals surface area contributed by atoms with Gasteiger partial charge in [0.2, 0.25) is 5.91 Å². The number of carbonyl (C=O) groups is 4. The lowest BCUT2D eigenvalue weighted by molar-refractivity contribution is -0.212. The Morgan fingerprint density at radius 1 is 1.19 bits per heavy atom. The van der Waals surface area contributed by atoms with E-state index in [2.05, 4.69) is 0 Å². The lowest BCUT2D eigenvalue weighted by Gasteiger charge is -2.63. The molecule has 4 fully saturated rings. The number of hydrogen-bond acceptors (Lipinski definition) is 8. The molecule has 8 nitrogen and oxygen atoms in total. The van der Waals surface area contributed by atoms with Gasteiger partial charge in [0.25, 0.3) is 0 Å². The second kappa shape index (κ2) is 10.3. The van der Waals surface area contributed by atoms with E-state index >= 15 is 8.78 Å². The number of aliphatic hydroxyl groups excluding tert-OH is 2. The minimum atomic E-state index is -2.35. The first-order valence-corrected chi connectivity index (χ1v) is 16.1. The van der Waals surface area contributed by atoms with Crippen molar-refractivity contribution < 1.29 is 42.9 Å². The Morgan fingerprint density at radius 3 is 2.58 bits per heavy atom. The Bertz CT molecular complexity index is 1340. The zero-order valence-corrected chi connectivity index (χ0v) is 25.4. The van der Waals surface area contributed by atoms with Crippen molar-refractivity contribution in [3.8, 4) is 0 Å². The molecule has 0 spiro atoms. The van der Waals surface area contributed by atoms with Crippen LogP contribution in [0.2, 0.25) is 0 Å². The van der Waals surface area contributed by atoms with E-state index in [4.69, 9.17) is 4.74 Å². The third-order valence-corrected chi connectivity index (χ3v) is 13.1. The number of amides is 1. The number of alkyl halides is 2. The number of halogens is 2. The van der Waals surface area contributed by atoms with Crippen LogP contribution in [-0.4, -0.2) is 87.6 Å². The van der Waals surface area contributed by atoms with Crippen LogP contribution >= 0.6 is 11.8 Å². The summed E-state index contributed by atoms with van der Waals surface area (Å²) in [5, 5.41) is 24.0. The van der Waals surface area contributed by atoms with E-state index in [-0.39, 0.29) is 55.6 Å². The van der Waals surface area contributed by atoms with Gasteiger partial charge in [-0.2, -0.15) is 0 Å². The predicted octanol–water partition coefficient (Wildman–Crippen LogP) is 3.26. The number of likely N-dealkylation sites (tertiary alicyclic amines) is 1. The van der Waals surface area contributed by atoms with Gasteiger partial charge in [-0.05, 0) is 74.0 Å². The van der Waals surface area contributed by atoms with E-state index in [1.807, 2.05) is 11.5 Å². The molecule has 1 amide bonds. The van der Waals surface area contributed by atoms with Gasteiger partial charge in [0.1, 0.15) is 18.8 Å². The van der Waals surface area contributed by atoms with Crippen molar-refractivity contribution in [2.24, 2.45) is 34.0 Å². The zero-order valence-electron chi connectivity index (χ0n) is 24.6. The van der Waals surface area contributed by atoms with Gasteiger partial charge in [-0.25, -0.2) is 13.6 Å². The van der Waals surface area contributed by atoms with Gasteiger partial charge in [-0.15, -0.1) is 11.8 Å². The summed E-state index contributed by atoms with van der Waals surface area (Å²) in [5.74, 6) is -4.53. The molecular weight excluding hydrogens is 580 g/mol. The first kappa shape index (κ1) is 30.6. The summed E-state index contributed by atoms with van der Waals surface area (Å²) in [7, 11) is 0. The summed E-state index contributed by atoms with van der Waals surface area (Å²) < 4.78 is 39.1. The number of thioether (sulfide) groups is 1. The molecule has 2 N–H and O–H groups in total. The highest BCUT2D eigenvalue weighted by Gasteiger charge is 2.80. The summed E-state index contributed by atoms with van der Waals surface area (Å²) in [4.78, 5) is 54.9. The largest absolute Gasteiger partial charge is 0.464 e. The highest BCUT2D eigenvalue weighted by Crippen LogP contribution is 2.75. The molecule has 3 saturated carbocycles. The number of allylic oxidation sites excluding steroid dienone is 5. The van der Waals surface area contributed by atoms with Crippen molar-refractivity contribution in [3.63, 3.8) is 0 Å². The average Bonchev–Trinajstić information content (AvgIpc) is 3.65. The Hall–Kier alpha value is -2.37. The van der Waals surface area contributed by atoms with Crippen LogP contribution in [0.5, 0.6) is 0 Å². The molecule has 6 rings (SSSR count). The van der Waals surface area contributed by atoms with Crippen molar-refractivity contribution in [3.05, 3.63) is 35.3 Å². The molecule has 0 bridgehead atoms. The second-order valence-corrected chi connectivity index (χ2v) is 14.8. The number of aliphatic hydroxyl groups is 2. The number of ether oxygens (including phenoxy) is 1. The number of Topliss-reactive ketones (excluding diaryl/α,β-unsaturated/α-hetero) is 1. The highest BCUT2D eigenvalue weighted by atomic mass is 32.2. The molecule has 11 heteroatoms. The normalized spacial score (nSPS) is 46.1. The molecule has 3 unspecified atom stereocenters. The monoisotopic (exact) mass is 619 g/mol. The fourth-order valence-corrected chi connectivity index (χ4v) is 11.0. The molecule has 0 aromatic heterocycles. The summed E-state index contributed by atoms with van der Waals surface area (Å²) >= 11 is 1.53. The van der Waals surface area contributed by atoms with Crippen LogP contribution in [0.15, 0.2) is 35.3 Å². The Morgan fingerprint density at radius 2 is 1.93 bits per heavy atom. The number of fused-ring (bicyclic) bond motifs is 7. The summed E-state index contributed by atoms with van der Waals surface area (Å²) in [6, 6.07) is -1.14. The van der Waals surface area contributed by atoms with E-state index in [0.717, 1.165) is 6.08 Å². The van der Waals surface area contributed by atoms with Gasteiger partial charge in [-0.1, -0.05) is 19.1 Å². The predicted molar refractivity (Wildman–Crippen MR) is 154 cm³/mol. The Balaban J connectivity index is 1.46. The SMILES string of the molecule is CCOC(=O)C1[C@@H]2C[C@H]3C4C[C@H](F)C5=CC(=O)C=C[C@]5(C)[C@@]4(F)[C@@H](O)C[C@]3(C)[C@]2(C(=O)CO)CN1C(=O)CC1CC=CS1. The number of ketones is 2. The van der Waals surface area contributed by atoms with Crippen LogP contribution in [0, 0.1) is 34.0 Å². The number of rotatable bonds is 6. The van der Waals surface area contributed by atoms with Crippen LogP contribution < -0.4 is 0 Å². The molecule has 0 aromatic carbocycles. The maximum absolute atomic E-state index is 17.7. The first-order chi connectivity index (χ1) is 20.3. The number of hydrogen-bond donors (Lipinski definition) is 2. The van der Waals surface area contributed by atoms with Crippen molar-refractivity contribution >= 4 is 35.2 Å². The van der Waals surface area contributed by atoms with E-state index in [9.17, 15) is 29.4 Å². The molecule has 234 valence electrons. The number of carbonyl (C=O) groups excluding carboxylic acids is 4. The topological polar surface area (TPSA) is 121 Å².